The van der Waals surface area contributed by atoms with Crippen LogP contribution in [0.3, 0.4) is 0 Å². The van der Waals surface area contributed by atoms with Gasteiger partial charge in [-0.25, -0.2) is 0 Å². The summed E-state index contributed by atoms with van der Waals surface area (Å²) in [5.41, 5.74) is 13.3. The molecule has 1 aromatic rings. The maximum absolute atomic E-state index is 5.29. The normalized spacial score (nSPS) is 16.2. The molecule has 0 aromatic heterocycles. The molecule has 39 heavy (non-hydrogen) atoms. The van der Waals surface area contributed by atoms with Crippen molar-refractivity contribution in [2.24, 2.45) is 15.8 Å². The van der Waals surface area contributed by atoms with E-state index in [1.807, 2.05) is 6.07 Å². The molecule has 212 valence electrons. The Bertz CT molecular complexity index is 1230. The average Bonchev–Trinajstić information content (AvgIpc) is 2.87. The highest BCUT2D eigenvalue weighted by atomic mass is 14.8. The van der Waals surface area contributed by atoms with Crippen molar-refractivity contribution in [3.8, 4) is 0 Å². The van der Waals surface area contributed by atoms with Crippen LogP contribution in [0.15, 0.2) is 111 Å². The van der Waals surface area contributed by atoms with Gasteiger partial charge in [-0.1, -0.05) is 121 Å². The first-order valence-corrected chi connectivity index (χ1v) is 14.3. The lowest BCUT2D eigenvalue weighted by Gasteiger charge is -2.20. The second-order valence-electron chi connectivity index (χ2n) is 12.9. The van der Waals surface area contributed by atoms with Gasteiger partial charge in [0.05, 0.1) is 5.70 Å². The molecule has 0 aliphatic rings. The topological polar surface area (TPSA) is 12.4 Å². The third-order valence-electron chi connectivity index (χ3n) is 8.00. The highest BCUT2D eigenvalue weighted by Crippen LogP contribution is 2.32. The van der Waals surface area contributed by atoms with Gasteiger partial charge in [0.25, 0.3) is 0 Å². The summed E-state index contributed by atoms with van der Waals surface area (Å²) in [5, 5.41) is 0. The van der Waals surface area contributed by atoms with Crippen LogP contribution < -0.4 is 0 Å². The molecule has 0 amide bonds. The van der Waals surface area contributed by atoms with E-state index in [2.05, 4.69) is 152 Å². The van der Waals surface area contributed by atoms with Gasteiger partial charge >= 0.3 is 0 Å². The number of benzene rings is 1. The Kier molecular flexibility index (Phi) is 12.6. The fraction of sp³-hybridized carbons (Fsp3) is 0.447. The summed E-state index contributed by atoms with van der Waals surface area (Å²) in [4.78, 5) is 5.29. The SMILES string of the molecule is C=C(C(C)=NC(=C(C)\C(C)=C\C=C(/C)C(C)(C)C)/C(CC)=C(C)/C(C)=C/C=C(\C)C(C)(C)C)c1ccccc1. The van der Waals surface area contributed by atoms with Gasteiger partial charge in [-0.05, 0) is 105 Å². The lowest BCUT2D eigenvalue weighted by atomic mass is 9.86. The van der Waals surface area contributed by atoms with E-state index in [1.54, 1.807) is 0 Å². The monoisotopic (exact) mass is 525 g/mol. The molecule has 0 unspecified atom stereocenters. The third kappa shape index (κ3) is 10.3. The maximum Gasteiger partial charge on any atom is 0.0699 e. The zero-order valence-corrected chi connectivity index (χ0v) is 27.6. The van der Waals surface area contributed by atoms with E-state index in [0.29, 0.717) is 0 Å². The third-order valence-corrected chi connectivity index (χ3v) is 8.00. The summed E-state index contributed by atoms with van der Waals surface area (Å²) in [6, 6.07) is 10.3. The van der Waals surface area contributed by atoms with Crippen molar-refractivity contribution in [1.29, 1.82) is 0 Å². The van der Waals surface area contributed by atoms with Gasteiger partial charge in [-0.3, -0.25) is 4.99 Å². The Morgan fingerprint density at radius 3 is 1.54 bits per heavy atom. The lowest BCUT2D eigenvalue weighted by Crippen LogP contribution is -2.06. The van der Waals surface area contributed by atoms with Gasteiger partial charge in [-0.15, -0.1) is 0 Å². The van der Waals surface area contributed by atoms with E-state index in [9.17, 15) is 0 Å². The number of allylic oxidation sites excluding steroid dienone is 12. The second kappa shape index (κ2) is 14.5. The van der Waals surface area contributed by atoms with Crippen molar-refractivity contribution in [1.82, 2.24) is 0 Å². The van der Waals surface area contributed by atoms with Gasteiger partial charge in [0.2, 0.25) is 0 Å². The van der Waals surface area contributed by atoms with Crippen molar-refractivity contribution in [2.45, 2.75) is 103 Å². The summed E-state index contributed by atoms with van der Waals surface area (Å²) in [5.74, 6) is 0. The molecule has 1 heteroatoms. The van der Waals surface area contributed by atoms with E-state index in [0.717, 1.165) is 29.0 Å². The van der Waals surface area contributed by atoms with Crippen LogP contribution in [0.5, 0.6) is 0 Å². The number of hydrogen-bond acceptors (Lipinski definition) is 1. The quantitative estimate of drug-likeness (QED) is 0.224. The lowest BCUT2D eigenvalue weighted by molar-refractivity contribution is 0.504. The predicted molar refractivity (Wildman–Crippen MR) is 178 cm³/mol. The van der Waals surface area contributed by atoms with Crippen LogP contribution >= 0.6 is 0 Å². The molecule has 0 atom stereocenters. The predicted octanol–water partition coefficient (Wildman–Crippen LogP) is 12.0. The highest BCUT2D eigenvalue weighted by Gasteiger charge is 2.16. The van der Waals surface area contributed by atoms with Crippen molar-refractivity contribution < 1.29 is 0 Å². The van der Waals surface area contributed by atoms with E-state index >= 15 is 0 Å². The number of nitrogens with zero attached hydrogens (tertiary/aromatic N) is 1. The molecule has 0 fully saturated rings. The molecule has 0 saturated carbocycles. The summed E-state index contributed by atoms with van der Waals surface area (Å²) in [6.45, 7) is 35.5. The van der Waals surface area contributed by atoms with Gasteiger partial charge in [-0.2, -0.15) is 0 Å². The Labute approximate surface area is 241 Å². The molecule has 0 radical (unpaired) electrons. The van der Waals surface area contributed by atoms with Crippen LogP contribution in [-0.2, 0) is 0 Å². The molecule has 0 aliphatic carbocycles. The van der Waals surface area contributed by atoms with Crippen molar-refractivity contribution >= 4 is 11.3 Å². The molecular formula is C38H55N. The summed E-state index contributed by atoms with van der Waals surface area (Å²) in [7, 11) is 0. The Hall–Kier alpha value is -2.93. The largest absolute Gasteiger partial charge is 0.253 e. The van der Waals surface area contributed by atoms with E-state index in [4.69, 9.17) is 4.99 Å². The van der Waals surface area contributed by atoms with Crippen molar-refractivity contribution in [3.63, 3.8) is 0 Å². The Morgan fingerprint density at radius 1 is 0.692 bits per heavy atom. The zero-order valence-electron chi connectivity index (χ0n) is 27.6. The maximum atomic E-state index is 5.29. The fourth-order valence-corrected chi connectivity index (χ4v) is 3.75. The molecule has 0 spiro atoms. The summed E-state index contributed by atoms with van der Waals surface area (Å²) in [6.07, 6.45) is 9.91. The minimum atomic E-state index is 0.144. The molecule has 0 N–H and O–H groups in total. The molecule has 1 rings (SSSR count). The van der Waals surface area contributed by atoms with Crippen LogP contribution in [-0.4, -0.2) is 5.71 Å². The molecular weight excluding hydrogens is 470 g/mol. The number of aliphatic imine (C=N–C) groups is 1. The zero-order chi connectivity index (χ0) is 30.1. The van der Waals surface area contributed by atoms with Gasteiger partial charge < -0.3 is 0 Å². The van der Waals surface area contributed by atoms with Gasteiger partial charge in [0, 0.05) is 5.71 Å². The number of hydrogen-bond donors (Lipinski definition) is 0. The first kappa shape index (κ1) is 34.1. The highest BCUT2D eigenvalue weighted by molar-refractivity contribution is 6.22. The van der Waals surface area contributed by atoms with E-state index in [-0.39, 0.29) is 10.8 Å². The minimum Gasteiger partial charge on any atom is -0.253 e. The minimum absolute atomic E-state index is 0.144. The summed E-state index contributed by atoms with van der Waals surface area (Å²) >= 11 is 0. The standard InChI is InChI=1S/C38H55N/c1-16-35(30(6)26(2)22-24-28(4)37(10,11)12)36(31(7)27(3)23-25-29(5)38(13,14)15)39-33(9)32(8)34-20-18-17-19-21-34/h17-25H,8,16H2,1-7,9-15H3/b26-22+,27-23+,28-24+,29-25+,35-30+,36-31-,39-33?. The van der Waals surface area contributed by atoms with Crippen LogP contribution in [0.2, 0.25) is 0 Å². The van der Waals surface area contributed by atoms with Gasteiger partial charge in [0.1, 0.15) is 0 Å². The molecule has 0 bridgehead atoms. The van der Waals surface area contributed by atoms with Crippen molar-refractivity contribution in [2.75, 3.05) is 0 Å². The van der Waals surface area contributed by atoms with Crippen LogP contribution in [0, 0.1) is 10.8 Å². The average molecular weight is 526 g/mol. The molecule has 0 aliphatic heterocycles. The smallest absolute Gasteiger partial charge is 0.0699 e. The molecule has 1 aromatic carbocycles. The number of rotatable bonds is 9. The first-order valence-electron chi connectivity index (χ1n) is 14.3. The molecule has 1 nitrogen and oxygen atoms in total. The van der Waals surface area contributed by atoms with Crippen molar-refractivity contribution in [3.05, 3.63) is 111 Å². The van der Waals surface area contributed by atoms with E-state index in [1.165, 1.54) is 39.0 Å². The summed E-state index contributed by atoms with van der Waals surface area (Å²) < 4.78 is 0. The second-order valence-corrected chi connectivity index (χ2v) is 12.9. The Morgan fingerprint density at radius 2 is 1.13 bits per heavy atom. The van der Waals surface area contributed by atoms with Crippen LogP contribution in [0.25, 0.3) is 5.57 Å². The fourth-order valence-electron chi connectivity index (χ4n) is 3.75. The molecule has 0 heterocycles. The van der Waals surface area contributed by atoms with Crippen LogP contribution in [0.1, 0.15) is 109 Å². The molecule has 0 saturated heterocycles. The first-order chi connectivity index (χ1) is 17.9. The van der Waals surface area contributed by atoms with Crippen LogP contribution in [0.4, 0.5) is 0 Å². The van der Waals surface area contributed by atoms with Gasteiger partial charge in [0.15, 0.2) is 0 Å². The Balaban J connectivity index is 3.88. The van der Waals surface area contributed by atoms with E-state index < -0.39 is 0 Å².